The summed E-state index contributed by atoms with van der Waals surface area (Å²) in [5, 5.41) is 0. The van der Waals surface area contributed by atoms with Gasteiger partial charge in [-0.1, -0.05) is 72.8 Å². The minimum Gasteiger partial charge on any atom is -0.492 e. The van der Waals surface area contributed by atoms with E-state index < -0.39 is 0 Å². The Balaban J connectivity index is 2.06. The predicted octanol–water partition coefficient (Wildman–Crippen LogP) is 5.18. The Morgan fingerprint density at radius 2 is 1.28 bits per heavy atom. The predicted molar refractivity (Wildman–Crippen MR) is 120 cm³/mol. The van der Waals surface area contributed by atoms with Crippen LogP contribution in [0.5, 0.6) is 5.75 Å². The number of allylic oxidation sites excluding steroid dienone is 1. The van der Waals surface area contributed by atoms with Crippen molar-refractivity contribution in [3.63, 3.8) is 0 Å². The lowest BCUT2D eigenvalue weighted by Gasteiger charge is -2.16. The van der Waals surface area contributed by atoms with Gasteiger partial charge in [0.25, 0.3) is 0 Å². The van der Waals surface area contributed by atoms with Crippen LogP contribution in [0.15, 0.2) is 84.9 Å². The lowest BCUT2D eigenvalue weighted by Crippen LogP contribution is -2.19. The van der Waals surface area contributed by atoms with Gasteiger partial charge in [-0.25, -0.2) is 0 Å². The van der Waals surface area contributed by atoms with Crippen LogP contribution < -0.4 is 4.74 Å². The molecule has 0 fully saturated rings. The van der Waals surface area contributed by atoms with E-state index in [0.717, 1.165) is 40.1 Å². The molecule has 3 aromatic rings. The quantitative estimate of drug-likeness (QED) is 0.395. The lowest BCUT2D eigenvalue weighted by atomic mass is 9.88. The average Bonchev–Trinajstić information content (AvgIpc) is 2.73. The zero-order chi connectivity index (χ0) is 20.6. The van der Waals surface area contributed by atoms with E-state index in [1.807, 2.05) is 99.0 Å². The van der Waals surface area contributed by atoms with Gasteiger partial charge in [-0.05, 0) is 49.8 Å². The number of ketones is 1. The Kier molecular flexibility index (Phi) is 6.99. The zero-order valence-corrected chi connectivity index (χ0v) is 17.3. The summed E-state index contributed by atoms with van der Waals surface area (Å²) in [6.45, 7) is 3.12. The molecule has 3 aromatic carbocycles. The summed E-state index contributed by atoms with van der Waals surface area (Å²) in [4.78, 5) is 14.8. The largest absolute Gasteiger partial charge is 0.492 e. The summed E-state index contributed by atoms with van der Waals surface area (Å²) in [7, 11) is 4.05. The summed E-state index contributed by atoms with van der Waals surface area (Å²) in [5.41, 5.74) is 4.58. The molecule has 0 bridgehead atoms. The van der Waals surface area contributed by atoms with Gasteiger partial charge in [0.2, 0.25) is 0 Å². The van der Waals surface area contributed by atoms with Crippen LogP contribution in [0, 0.1) is 0 Å². The van der Waals surface area contributed by atoms with E-state index in [4.69, 9.17) is 4.74 Å². The number of likely N-dealkylation sites (N-methyl/N-ethyl adjacent to an activating group) is 1. The molecule has 0 aliphatic carbocycles. The van der Waals surface area contributed by atoms with Crippen molar-refractivity contribution in [2.45, 2.75) is 6.92 Å². The molecule has 0 heterocycles. The summed E-state index contributed by atoms with van der Waals surface area (Å²) in [6, 6.07) is 27.9. The standard InChI is InChI=1S/C26H27NO2/c1-20(28)25(21-10-6-4-7-11-21)26(22-12-8-5-9-13-22)23-14-16-24(17-15-23)29-19-18-27(2)3/h4-17H,18-19H2,1-3H3. The van der Waals surface area contributed by atoms with Gasteiger partial charge in [-0.15, -0.1) is 0 Å². The maximum atomic E-state index is 12.7. The third-order valence-electron chi connectivity index (χ3n) is 4.68. The van der Waals surface area contributed by atoms with Crippen molar-refractivity contribution < 1.29 is 9.53 Å². The highest BCUT2D eigenvalue weighted by Crippen LogP contribution is 2.33. The molecular weight excluding hydrogens is 358 g/mol. The van der Waals surface area contributed by atoms with Crippen molar-refractivity contribution in [3.8, 4) is 5.75 Å². The molecule has 0 radical (unpaired) electrons. The zero-order valence-electron chi connectivity index (χ0n) is 17.3. The van der Waals surface area contributed by atoms with Crippen LogP contribution in [-0.4, -0.2) is 37.9 Å². The smallest absolute Gasteiger partial charge is 0.161 e. The third-order valence-corrected chi connectivity index (χ3v) is 4.68. The fraction of sp³-hybridized carbons (Fsp3) is 0.192. The van der Waals surface area contributed by atoms with Crippen LogP contribution in [0.25, 0.3) is 11.1 Å². The molecule has 0 unspecified atom stereocenters. The first-order valence-electron chi connectivity index (χ1n) is 9.80. The molecule has 0 saturated heterocycles. The molecule has 0 aliphatic heterocycles. The van der Waals surface area contributed by atoms with Gasteiger partial charge in [-0.2, -0.15) is 0 Å². The minimum atomic E-state index is 0.0429. The van der Waals surface area contributed by atoms with Crippen molar-refractivity contribution in [1.82, 2.24) is 4.90 Å². The molecule has 0 aromatic heterocycles. The second-order valence-corrected chi connectivity index (χ2v) is 7.21. The second kappa shape index (κ2) is 9.85. The van der Waals surface area contributed by atoms with E-state index in [-0.39, 0.29) is 5.78 Å². The molecule has 0 spiro atoms. The van der Waals surface area contributed by atoms with Gasteiger partial charge < -0.3 is 9.64 Å². The molecule has 0 saturated carbocycles. The Morgan fingerprint density at radius 1 is 0.759 bits per heavy atom. The molecule has 0 amide bonds. The highest BCUT2D eigenvalue weighted by Gasteiger charge is 2.17. The van der Waals surface area contributed by atoms with Crippen molar-refractivity contribution in [2.75, 3.05) is 27.2 Å². The molecule has 0 N–H and O–H groups in total. The lowest BCUT2D eigenvalue weighted by molar-refractivity contribution is -0.111. The van der Waals surface area contributed by atoms with Gasteiger partial charge in [0, 0.05) is 17.7 Å². The van der Waals surface area contributed by atoms with E-state index >= 15 is 0 Å². The van der Waals surface area contributed by atoms with Crippen LogP contribution in [0.1, 0.15) is 23.6 Å². The first kappa shape index (κ1) is 20.6. The summed E-state index contributed by atoms with van der Waals surface area (Å²) in [6.07, 6.45) is 0. The number of nitrogens with zero attached hydrogens (tertiary/aromatic N) is 1. The summed E-state index contributed by atoms with van der Waals surface area (Å²) in [5.74, 6) is 0.869. The number of carbonyl (C=O) groups excluding carboxylic acids is 1. The Labute approximate surface area is 173 Å². The Bertz CT molecular complexity index is 959. The molecule has 0 aliphatic rings. The number of hydrogen-bond donors (Lipinski definition) is 0. The van der Waals surface area contributed by atoms with Crippen LogP contribution in [0.4, 0.5) is 0 Å². The topological polar surface area (TPSA) is 29.5 Å². The minimum absolute atomic E-state index is 0.0429. The first-order chi connectivity index (χ1) is 14.1. The highest BCUT2D eigenvalue weighted by atomic mass is 16.5. The number of rotatable bonds is 8. The van der Waals surface area contributed by atoms with Crippen molar-refractivity contribution in [2.24, 2.45) is 0 Å². The highest BCUT2D eigenvalue weighted by molar-refractivity contribution is 6.29. The SMILES string of the molecule is CC(=O)C(=C(c1ccccc1)c1ccc(OCCN(C)C)cc1)c1ccccc1. The maximum Gasteiger partial charge on any atom is 0.161 e. The fourth-order valence-corrected chi connectivity index (χ4v) is 3.25. The Morgan fingerprint density at radius 3 is 1.79 bits per heavy atom. The fourth-order valence-electron chi connectivity index (χ4n) is 3.25. The Hall–Kier alpha value is -3.17. The van der Waals surface area contributed by atoms with Gasteiger partial charge >= 0.3 is 0 Å². The van der Waals surface area contributed by atoms with E-state index in [2.05, 4.69) is 4.90 Å². The molecule has 0 atom stereocenters. The third kappa shape index (κ3) is 5.43. The van der Waals surface area contributed by atoms with Gasteiger partial charge in [0.1, 0.15) is 12.4 Å². The van der Waals surface area contributed by atoms with Gasteiger partial charge in [0.05, 0.1) is 0 Å². The molecule has 29 heavy (non-hydrogen) atoms. The number of benzene rings is 3. The molecule has 3 nitrogen and oxygen atoms in total. The van der Waals surface area contributed by atoms with Crippen LogP contribution >= 0.6 is 0 Å². The molecule has 3 heteroatoms. The van der Waals surface area contributed by atoms with E-state index in [9.17, 15) is 4.79 Å². The first-order valence-corrected chi connectivity index (χ1v) is 9.80. The van der Waals surface area contributed by atoms with Crippen molar-refractivity contribution >= 4 is 16.9 Å². The monoisotopic (exact) mass is 385 g/mol. The molecule has 3 rings (SSSR count). The number of Topliss-reactive ketones (excluding diaryl/α,β-unsaturated/α-hetero) is 1. The second-order valence-electron chi connectivity index (χ2n) is 7.21. The average molecular weight is 386 g/mol. The van der Waals surface area contributed by atoms with Gasteiger partial charge in [0.15, 0.2) is 5.78 Å². The maximum absolute atomic E-state index is 12.7. The van der Waals surface area contributed by atoms with Gasteiger partial charge in [-0.3, -0.25) is 4.79 Å². The summed E-state index contributed by atoms with van der Waals surface area (Å²) < 4.78 is 5.83. The van der Waals surface area contributed by atoms with E-state index in [0.29, 0.717) is 6.61 Å². The van der Waals surface area contributed by atoms with Crippen molar-refractivity contribution in [3.05, 3.63) is 102 Å². The van der Waals surface area contributed by atoms with Crippen molar-refractivity contribution in [1.29, 1.82) is 0 Å². The molecule has 148 valence electrons. The number of hydrogen-bond acceptors (Lipinski definition) is 3. The van der Waals surface area contributed by atoms with E-state index in [1.54, 1.807) is 6.92 Å². The number of carbonyl (C=O) groups is 1. The normalized spacial score (nSPS) is 11.9. The van der Waals surface area contributed by atoms with Crippen LogP contribution in [-0.2, 0) is 4.79 Å². The summed E-state index contributed by atoms with van der Waals surface area (Å²) >= 11 is 0. The van der Waals surface area contributed by atoms with Crippen LogP contribution in [0.3, 0.4) is 0 Å². The number of ether oxygens (including phenoxy) is 1. The van der Waals surface area contributed by atoms with E-state index in [1.165, 1.54) is 0 Å². The van der Waals surface area contributed by atoms with Crippen LogP contribution in [0.2, 0.25) is 0 Å². The molecular formula is C26H27NO2.